The third-order valence-corrected chi connectivity index (χ3v) is 7.17. The molecule has 0 saturated carbocycles. The number of aliphatic hydroxyl groups excluding tert-OH is 2. The fourth-order valence-electron chi connectivity index (χ4n) is 4.56. The third kappa shape index (κ3) is 5.90. The van der Waals surface area contributed by atoms with Gasteiger partial charge in [0, 0.05) is 6.61 Å². The van der Waals surface area contributed by atoms with Crippen LogP contribution in [0.3, 0.4) is 0 Å². The average Bonchev–Trinajstić information content (AvgIpc) is 3.50. The average molecular weight is 571 g/mol. The SMILES string of the molecule is CC(C)(CCO[C@H]1[C@@H](O)[C@](C#N)(c2ccc3c(NC(=O)C(N)Cc4ccc(F)cc4)ncnn23)O[C@@H]1CO)C(=O)O. The largest absolute Gasteiger partial charge is 0.481 e. The van der Waals surface area contributed by atoms with Crippen LogP contribution >= 0.6 is 0 Å². The number of carboxylic acid groups (broad SMARTS) is 1. The van der Waals surface area contributed by atoms with Gasteiger partial charge in [-0.1, -0.05) is 12.1 Å². The quantitative estimate of drug-likeness (QED) is 0.217. The number of nitrogens with one attached hydrogen (secondary N) is 1. The van der Waals surface area contributed by atoms with Crippen LogP contribution in [-0.2, 0) is 31.1 Å². The van der Waals surface area contributed by atoms with Crippen LogP contribution in [0.1, 0.15) is 31.5 Å². The van der Waals surface area contributed by atoms with Gasteiger partial charge in [-0.2, -0.15) is 10.4 Å². The molecule has 0 spiro atoms. The normalized spacial score (nSPS) is 23.3. The number of fused-ring (bicyclic) bond motifs is 1. The lowest BCUT2D eigenvalue weighted by Gasteiger charge is -2.26. The number of aliphatic carboxylic acids is 1. The van der Waals surface area contributed by atoms with E-state index in [4.69, 9.17) is 15.2 Å². The molecule has 3 aromatic rings. The van der Waals surface area contributed by atoms with Gasteiger partial charge in [-0.05, 0) is 56.5 Å². The fraction of sp³-hybridized carbons (Fsp3) is 0.444. The molecular formula is C27H31FN6O7. The summed E-state index contributed by atoms with van der Waals surface area (Å²) in [5, 5.41) is 47.5. The maximum absolute atomic E-state index is 13.2. The molecule has 1 amide bonds. The first kappa shape index (κ1) is 30.0. The smallest absolute Gasteiger partial charge is 0.309 e. The van der Waals surface area contributed by atoms with Crippen LogP contribution in [0.2, 0.25) is 0 Å². The van der Waals surface area contributed by atoms with Crippen molar-refractivity contribution in [3.63, 3.8) is 0 Å². The van der Waals surface area contributed by atoms with Gasteiger partial charge in [0.25, 0.3) is 0 Å². The third-order valence-electron chi connectivity index (χ3n) is 7.17. The summed E-state index contributed by atoms with van der Waals surface area (Å²) in [6.07, 6.45) is -2.46. The molecule has 5 atom stereocenters. The number of nitriles is 1. The molecule has 1 saturated heterocycles. The number of anilines is 1. The van der Waals surface area contributed by atoms with Gasteiger partial charge in [0.15, 0.2) is 5.82 Å². The topological polar surface area (TPSA) is 205 Å². The van der Waals surface area contributed by atoms with E-state index in [1.807, 2.05) is 6.07 Å². The van der Waals surface area contributed by atoms with E-state index < -0.39 is 59.7 Å². The number of nitrogens with two attached hydrogens (primary N) is 1. The van der Waals surface area contributed by atoms with Crippen molar-refractivity contribution in [2.75, 3.05) is 18.5 Å². The summed E-state index contributed by atoms with van der Waals surface area (Å²) in [5.74, 6) is -1.92. The number of carbonyl (C=O) groups is 2. The Hall–Kier alpha value is -4.00. The highest BCUT2D eigenvalue weighted by Crippen LogP contribution is 2.42. The Balaban J connectivity index is 1.56. The Morgan fingerprint density at radius 2 is 2.02 bits per heavy atom. The first-order valence-corrected chi connectivity index (χ1v) is 12.8. The molecule has 13 nitrogen and oxygen atoms in total. The van der Waals surface area contributed by atoms with Crippen LogP contribution in [0.25, 0.3) is 5.52 Å². The number of carboxylic acids is 1. The molecule has 14 heteroatoms. The summed E-state index contributed by atoms with van der Waals surface area (Å²) in [6.45, 7) is 2.40. The van der Waals surface area contributed by atoms with Gasteiger partial charge < -0.3 is 35.8 Å². The standard InChI is InChI=1S/C27H31FN6O7/c1-26(2,25(38)39)9-10-40-21-19(12-35)41-27(13-29,22(21)36)20-8-7-18-23(31-14-32-34(18)20)33-24(37)17(30)11-15-3-5-16(28)6-4-15/h3-8,14,17,19,21-22,35-36H,9-12,30H2,1-2H3,(H,38,39)(H,31,32,33,37)/t17?,19-,21-,22-,27+/m1/s1. The van der Waals surface area contributed by atoms with Crippen molar-refractivity contribution in [2.24, 2.45) is 11.1 Å². The summed E-state index contributed by atoms with van der Waals surface area (Å²) in [6, 6.07) is 9.59. The molecule has 1 fully saturated rings. The zero-order valence-corrected chi connectivity index (χ0v) is 22.4. The maximum atomic E-state index is 13.2. The van der Waals surface area contributed by atoms with E-state index in [-0.39, 0.29) is 36.5 Å². The van der Waals surface area contributed by atoms with Crippen molar-refractivity contribution >= 4 is 23.2 Å². The van der Waals surface area contributed by atoms with Crippen LogP contribution in [0.5, 0.6) is 0 Å². The van der Waals surface area contributed by atoms with Crippen molar-refractivity contribution in [2.45, 2.75) is 56.6 Å². The van der Waals surface area contributed by atoms with Gasteiger partial charge in [-0.3, -0.25) is 9.59 Å². The zero-order valence-electron chi connectivity index (χ0n) is 22.4. The van der Waals surface area contributed by atoms with E-state index in [0.29, 0.717) is 5.56 Å². The predicted molar refractivity (Wildman–Crippen MR) is 141 cm³/mol. The van der Waals surface area contributed by atoms with Crippen molar-refractivity contribution in [1.29, 1.82) is 5.26 Å². The Bertz CT molecular complexity index is 1460. The molecule has 1 aliphatic heterocycles. The maximum Gasteiger partial charge on any atom is 0.309 e. The lowest BCUT2D eigenvalue weighted by molar-refractivity contribution is -0.148. The number of ether oxygens (including phenoxy) is 2. The number of aromatic nitrogens is 3. The molecule has 218 valence electrons. The van der Waals surface area contributed by atoms with Crippen LogP contribution in [-0.4, -0.2) is 79.4 Å². The lowest BCUT2D eigenvalue weighted by atomic mass is 9.90. The molecule has 3 heterocycles. The zero-order chi connectivity index (χ0) is 29.9. The summed E-state index contributed by atoms with van der Waals surface area (Å²) in [5.41, 5.74) is 3.95. The van der Waals surface area contributed by atoms with Crippen LogP contribution in [0.15, 0.2) is 42.7 Å². The highest BCUT2D eigenvalue weighted by Gasteiger charge is 2.58. The van der Waals surface area contributed by atoms with Crippen LogP contribution in [0, 0.1) is 22.6 Å². The van der Waals surface area contributed by atoms with E-state index in [1.165, 1.54) is 54.8 Å². The number of rotatable bonds is 11. The van der Waals surface area contributed by atoms with Crippen molar-refractivity contribution < 1.29 is 38.8 Å². The molecule has 0 aliphatic carbocycles. The van der Waals surface area contributed by atoms with Crippen molar-refractivity contribution in [1.82, 2.24) is 14.6 Å². The molecule has 0 radical (unpaired) electrons. The predicted octanol–water partition coefficient (Wildman–Crippen LogP) is 0.734. The van der Waals surface area contributed by atoms with Gasteiger partial charge in [-0.15, -0.1) is 0 Å². The number of amides is 1. The second-order valence-electron chi connectivity index (χ2n) is 10.5. The minimum Gasteiger partial charge on any atom is -0.481 e. The molecule has 41 heavy (non-hydrogen) atoms. The number of benzene rings is 1. The fourth-order valence-corrected chi connectivity index (χ4v) is 4.56. The van der Waals surface area contributed by atoms with Crippen LogP contribution in [0.4, 0.5) is 10.2 Å². The first-order valence-electron chi connectivity index (χ1n) is 12.8. The molecule has 1 unspecified atom stereocenters. The number of aliphatic hydroxyl groups is 2. The molecule has 4 rings (SSSR count). The summed E-state index contributed by atoms with van der Waals surface area (Å²) in [4.78, 5) is 28.3. The molecule has 0 bridgehead atoms. The van der Waals surface area contributed by atoms with Gasteiger partial charge >= 0.3 is 5.97 Å². The Morgan fingerprint density at radius 1 is 1.32 bits per heavy atom. The Kier molecular flexibility index (Phi) is 8.66. The van der Waals surface area contributed by atoms with E-state index in [2.05, 4.69) is 15.4 Å². The van der Waals surface area contributed by atoms with Gasteiger partial charge in [0.2, 0.25) is 11.5 Å². The number of halogens is 1. The number of hydrogen-bond acceptors (Lipinski definition) is 10. The molecule has 1 aromatic carbocycles. The second-order valence-corrected chi connectivity index (χ2v) is 10.5. The molecule has 1 aliphatic rings. The summed E-state index contributed by atoms with van der Waals surface area (Å²) >= 11 is 0. The first-order chi connectivity index (χ1) is 19.4. The van der Waals surface area contributed by atoms with Crippen molar-refractivity contribution in [3.8, 4) is 6.07 Å². The Morgan fingerprint density at radius 3 is 2.66 bits per heavy atom. The molecule has 6 N–H and O–H groups in total. The second kappa shape index (κ2) is 11.9. The number of nitrogens with zero attached hydrogens (tertiary/aromatic N) is 4. The lowest BCUT2D eigenvalue weighted by Crippen LogP contribution is -2.42. The Labute approximate surface area is 234 Å². The molecule has 2 aromatic heterocycles. The van der Waals surface area contributed by atoms with Gasteiger partial charge in [-0.25, -0.2) is 13.9 Å². The number of hydrogen-bond donors (Lipinski definition) is 5. The minimum absolute atomic E-state index is 0.0756. The molecular weight excluding hydrogens is 539 g/mol. The monoisotopic (exact) mass is 570 g/mol. The van der Waals surface area contributed by atoms with E-state index >= 15 is 0 Å². The van der Waals surface area contributed by atoms with E-state index in [1.54, 1.807) is 0 Å². The van der Waals surface area contributed by atoms with Gasteiger partial charge in [0.1, 0.15) is 42.0 Å². The minimum atomic E-state index is -2.03. The van der Waals surface area contributed by atoms with E-state index in [0.717, 1.165) is 6.33 Å². The summed E-state index contributed by atoms with van der Waals surface area (Å²) in [7, 11) is 0. The number of carbonyl (C=O) groups excluding carboxylic acids is 1. The van der Waals surface area contributed by atoms with Gasteiger partial charge in [0.05, 0.1) is 23.8 Å². The summed E-state index contributed by atoms with van der Waals surface area (Å²) < 4.78 is 26.1. The van der Waals surface area contributed by atoms with E-state index in [9.17, 15) is 34.6 Å². The highest BCUT2D eigenvalue weighted by atomic mass is 19.1. The highest BCUT2D eigenvalue weighted by molar-refractivity contribution is 5.97. The van der Waals surface area contributed by atoms with Crippen molar-refractivity contribution in [3.05, 3.63) is 59.8 Å². The van der Waals surface area contributed by atoms with Crippen LogP contribution < -0.4 is 11.1 Å².